The molecule has 1 atom stereocenters. The topological polar surface area (TPSA) is 29.9 Å². The highest BCUT2D eigenvalue weighted by Crippen LogP contribution is 2.23. The second-order valence-corrected chi connectivity index (χ2v) is 5.97. The zero-order valence-corrected chi connectivity index (χ0v) is 13.7. The molecule has 0 amide bonds. The van der Waals surface area contributed by atoms with Crippen molar-refractivity contribution in [1.29, 1.82) is 0 Å². The Bertz CT molecular complexity index is 393. The number of hydrogen-bond acceptors (Lipinski definition) is 2. The number of aromatic nitrogens is 2. The molecule has 1 unspecified atom stereocenters. The van der Waals surface area contributed by atoms with E-state index in [0.29, 0.717) is 6.04 Å². The monoisotopic (exact) mass is 277 g/mol. The van der Waals surface area contributed by atoms with Crippen LogP contribution in [0.2, 0.25) is 0 Å². The Balaban J connectivity index is 2.67. The van der Waals surface area contributed by atoms with Crippen molar-refractivity contribution in [1.82, 2.24) is 15.1 Å². The van der Waals surface area contributed by atoms with Crippen molar-refractivity contribution < 1.29 is 0 Å². The Kier molecular flexibility index (Phi) is 7.00. The van der Waals surface area contributed by atoms with Gasteiger partial charge in [-0.05, 0) is 31.9 Å². The minimum atomic E-state index is 0.0717. The maximum absolute atomic E-state index is 4.75. The van der Waals surface area contributed by atoms with Crippen molar-refractivity contribution in [3.63, 3.8) is 0 Å². The van der Waals surface area contributed by atoms with Gasteiger partial charge in [0, 0.05) is 24.6 Å². The molecule has 1 rings (SSSR count). The summed E-state index contributed by atoms with van der Waals surface area (Å²) in [4.78, 5) is 0. The van der Waals surface area contributed by atoms with E-state index >= 15 is 0 Å². The molecule has 0 aliphatic carbocycles. The summed E-state index contributed by atoms with van der Waals surface area (Å²) in [7, 11) is 0. The van der Waals surface area contributed by atoms with E-state index in [9.17, 15) is 0 Å². The second-order valence-electron chi connectivity index (χ2n) is 5.97. The lowest BCUT2D eigenvalue weighted by Crippen LogP contribution is -2.32. The fraction of sp³-hybridized carbons (Fsp3) is 0.706. The summed E-state index contributed by atoms with van der Waals surface area (Å²) >= 11 is 0. The molecule has 0 bridgehead atoms. The lowest BCUT2D eigenvalue weighted by molar-refractivity contribution is 0.378. The largest absolute Gasteiger partial charge is 0.316 e. The number of nitrogens with one attached hydrogen (secondary N) is 1. The van der Waals surface area contributed by atoms with E-state index in [1.54, 1.807) is 0 Å². The summed E-state index contributed by atoms with van der Waals surface area (Å²) in [5.41, 5.74) is 1.24. The summed E-state index contributed by atoms with van der Waals surface area (Å²) in [6.07, 6.45) is 8.56. The molecule has 114 valence electrons. The SMILES string of the molecule is C=CC(C)(CNCCC)Cc1ccn(C(CC)CC)n1. The molecule has 1 heterocycles. The fourth-order valence-electron chi connectivity index (χ4n) is 2.51. The van der Waals surface area contributed by atoms with Crippen molar-refractivity contribution in [2.75, 3.05) is 13.1 Å². The summed E-state index contributed by atoms with van der Waals surface area (Å²) in [6.45, 7) is 14.9. The van der Waals surface area contributed by atoms with E-state index in [-0.39, 0.29) is 5.41 Å². The Morgan fingerprint density at radius 2 is 2.10 bits per heavy atom. The number of rotatable bonds is 10. The maximum atomic E-state index is 4.75. The third kappa shape index (κ3) is 4.78. The maximum Gasteiger partial charge on any atom is 0.0633 e. The zero-order valence-electron chi connectivity index (χ0n) is 13.7. The van der Waals surface area contributed by atoms with Gasteiger partial charge in [0.05, 0.1) is 11.7 Å². The first-order valence-corrected chi connectivity index (χ1v) is 7.96. The van der Waals surface area contributed by atoms with Crippen LogP contribution in [0.3, 0.4) is 0 Å². The van der Waals surface area contributed by atoms with E-state index < -0.39 is 0 Å². The van der Waals surface area contributed by atoms with Crippen LogP contribution in [-0.2, 0) is 6.42 Å². The van der Waals surface area contributed by atoms with Gasteiger partial charge in [0.15, 0.2) is 0 Å². The molecule has 1 N–H and O–H groups in total. The van der Waals surface area contributed by atoms with Gasteiger partial charge in [-0.15, -0.1) is 6.58 Å². The van der Waals surface area contributed by atoms with Crippen LogP contribution in [0.15, 0.2) is 24.9 Å². The van der Waals surface area contributed by atoms with Crippen LogP contribution in [0.1, 0.15) is 58.7 Å². The highest BCUT2D eigenvalue weighted by Gasteiger charge is 2.22. The first-order chi connectivity index (χ1) is 9.58. The first-order valence-electron chi connectivity index (χ1n) is 7.96. The van der Waals surface area contributed by atoms with E-state index in [0.717, 1.165) is 44.5 Å². The summed E-state index contributed by atoms with van der Waals surface area (Å²) in [5, 5.41) is 8.25. The van der Waals surface area contributed by atoms with E-state index in [2.05, 4.69) is 62.6 Å². The van der Waals surface area contributed by atoms with Gasteiger partial charge in [0.25, 0.3) is 0 Å². The van der Waals surface area contributed by atoms with E-state index in [1.807, 2.05) is 0 Å². The lowest BCUT2D eigenvalue weighted by Gasteiger charge is -2.25. The standard InChI is InChI=1S/C17H31N3/c1-6-11-18-14-17(5,9-4)13-15-10-12-20(19-15)16(7-2)8-3/h9-10,12,16,18H,4,6-8,11,13-14H2,1-3,5H3. The zero-order chi connectivity index (χ0) is 15.0. The smallest absolute Gasteiger partial charge is 0.0633 e. The van der Waals surface area contributed by atoms with E-state index in [1.165, 1.54) is 0 Å². The fourth-order valence-corrected chi connectivity index (χ4v) is 2.51. The molecule has 3 heteroatoms. The van der Waals surface area contributed by atoms with Crippen molar-refractivity contribution in [3.05, 3.63) is 30.6 Å². The molecule has 0 saturated heterocycles. The molecular formula is C17H31N3. The van der Waals surface area contributed by atoms with Crippen LogP contribution in [0.5, 0.6) is 0 Å². The third-order valence-corrected chi connectivity index (χ3v) is 4.01. The van der Waals surface area contributed by atoms with E-state index in [4.69, 9.17) is 5.10 Å². The van der Waals surface area contributed by atoms with Crippen LogP contribution in [-0.4, -0.2) is 22.9 Å². The van der Waals surface area contributed by atoms with Crippen LogP contribution in [0.4, 0.5) is 0 Å². The minimum Gasteiger partial charge on any atom is -0.316 e. The molecule has 1 aromatic rings. The van der Waals surface area contributed by atoms with Crippen LogP contribution in [0, 0.1) is 5.41 Å². The van der Waals surface area contributed by atoms with Crippen molar-refractivity contribution in [2.45, 2.75) is 59.4 Å². The molecule has 0 radical (unpaired) electrons. The van der Waals surface area contributed by atoms with Gasteiger partial charge >= 0.3 is 0 Å². The van der Waals surface area contributed by atoms with Crippen LogP contribution < -0.4 is 5.32 Å². The molecule has 0 aromatic carbocycles. The van der Waals surface area contributed by atoms with Gasteiger partial charge in [-0.2, -0.15) is 5.10 Å². The quantitative estimate of drug-likeness (QED) is 0.518. The molecule has 20 heavy (non-hydrogen) atoms. The number of hydrogen-bond donors (Lipinski definition) is 1. The Morgan fingerprint density at radius 3 is 2.65 bits per heavy atom. The van der Waals surface area contributed by atoms with Gasteiger partial charge in [-0.3, -0.25) is 4.68 Å². The Hall–Kier alpha value is -1.09. The van der Waals surface area contributed by atoms with Crippen molar-refractivity contribution >= 4 is 0 Å². The lowest BCUT2D eigenvalue weighted by atomic mass is 9.85. The van der Waals surface area contributed by atoms with Gasteiger partial charge in [-0.25, -0.2) is 0 Å². The highest BCUT2D eigenvalue weighted by atomic mass is 15.3. The van der Waals surface area contributed by atoms with Gasteiger partial charge in [0.2, 0.25) is 0 Å². The van der Waals surface area contributed by atoms with Crippen LogP contribution in [0.25, 0.3) is 0 Å². The average molecular weight is 277 g/mol. The van der Waals surface area contributed by atoms with Crippen LogP contribution >= 0.6 is 0 Å². The van der Waals surface area contributed by atoms with Crippen molar-refractivity contribution in [2.24, 2.45) is 5.41 Å². The summed E-state index contributed by atoms with van der Waals surface area (Å²) in [6, 6.07) is 2.68. The van der Waals surface area contributed by atoms with Gasteiger partial charge in [0.1, 0.15) is 0 Å². The molecule has 0 fully saturated rings. The third-order valence-electron chi connectivity index (χ3n) is 4.01. The second kappa shape index (κ2) is 8.25. The van der Waals surface area contributed by atoms with Crippen molar-refractivity contribution in [3.8, 4) is 0 Å². The molecule has 1 aromatic heterocycles. The molecule has 0 aliphatic rings. The molecule has 0 saturated carbocycles. The highest BCUT2D eigenvalue weighted by molar-refractivity contribution is 5.08. The molecule has 3 nitrogen and oxygen atoms in total. The molecular weight excluding hydrogens is 246 g/mol. The predicted molar refractivity (Wildman–Crippen MR) is 87.0 cm³/mol. The number of nitrogens with zero attached hydrogens (tertiary/aromatic N) is 2. The normalized spacial score (nSPS) is 14.4. The average Bonchev–Trinajstić information content (AvgIpc) is 2.88. The molecule has 0 aliphatic heterocycles. The first kappa shape index (κ1) is 17.0. The minimum absolute atomic E-state index is 0.0717. The summed E-state index contributed by atoms with van der Waals surface area (Å²) in [5.74, 6) is 0. The Morgan fingerprint density at radius 1 is 1.40 bits per heavy atom. The summed E-state index contributed by atoms with van der Waals surface area (Å²) < 4.78 is 2.12. The molecule has 0 spiro atoms. The van der Waals surface area contributed by atoms with Gasteiger partial charge in [-0.1, -0.05) is 33.8 Å². The predicted octanol–water partition coefficient (Wildman–Crippen LogP) is 3.98. The van der Waals surface area contributed by atoms with Gasteiger partial charge < -0.3 is 5.32 Å². The Labute approximate surface area is 124 Å².